The summed E-state index contributed by atoms with van der Waals surface area (Å²) < 4.78 is 1.18. The van der Waals surface area contributed by atoms with Crippen LogP contribution in [0.4, 0.5) is 0 Å². The van der Waals surface area contributed by atoms with Crippen LogP contribution in [0.2, 0.25) is 0 Å². The number of aliphatic hydroxyl groups is 1. The van der Waals surface area contributed by atoms with E-state index < -0.39 is 5.60 Å². The monoisotopic (exact) mass is 365 g/mol. The van der Waals surface area contributed by atoms with Crippen LogP contribution in [0.3, 0.4) is 0 Å². The highest BCUT2D eigenvalue weighted by atomic mass is 79.9. The van der Waals surface area contributed by atoms with Gasteiger partial charge in [0.25, 0.3) is 0 Å². The van der Waals surface area contributed by atoms with E-state index in [-0.39, 0.29) is 5.41 Å². The van der Waals surface area contributed by atoms with Gasteiger partial charge < -0.3 is 15.7 Å². The van der Waals surface area contributed by atoms with Crippen LogP contribution < -0.4 is 10.6 Å². The van der Waals surface area contributed by atoms with Gasteiger partial charge in [-0.3, -0.25) is 4.99 Å². The van der Waals surface area contributed by atoms with Gasteiger partial charge in [-0.25, -0.2) is 0 Å². The summed E-state index contributed by atoms with van der Waals surface area (Å²) in [5.74, 6) is 0.777. The van der Waals surface area contributed by atoms with E-state index in [4.69, 9.17) is 0 Å². The average Bonchev–Trinajstić information content (AvgIpc) is 3.27. The highest BCUT2D eigenvalue weighted by Gasteiger charge is 2.45. The summed E-state index contributed by atoms with van der Waals surface area (Å²) in [4.78, 5) is 4.27. The van der Waals surface area contributed by atoms with Crippen molar-refractivity contribution in [3.63, 3.8) is 0 Å². The molecule has 3 N–H and O–H groups in total. The molecule has 22 heavy (non-hydrogen) atoms. The fourth-order valence-electron chi connectivity index (χ4n) is 3.07. The molecule has 0 radical (unpaired) electrons. The Bertz CT molecular complexity index is 565. The highest BCUT2D eigenvalue weighted by Crippen LogP contribution is 2.49. The van der Waals surface area contributed by atoms with Crippen LogP contribution in [-0.4, -0.2) is 36.8 Å². The maximum absolute atomic E-state index is 10.2. The lowest BCUT2D eigenvalue weighted by Crippen LogP contribution is -2.51. The molecule has 1 aromatic rings. The van der Waals surface area contributed by atoms with Crippen LogP contribution in [-0.2, 0) is 5.41 Å². The van der Waals surface area contributed by atoms with Crippen LogP contribution in [0.25, 0.3) is 0 Å². The molecule has 2 saturated carbocycles. The summed E-state index contributed by atoms with van der Waals surface area (Å²) in [5, 5.41) is 16.8. The molecule has 2 aliphatic carbocycles. The van der Waals surface area contributed by atoms with Crippen molar-refractivity contribution in [2.75, 3.05) is 20.1 Å². The summed E-state index contributed by atoms with van der Waals surface area (Å²) >= 11 is 3.66. The van der Waals surface area contributed by atoms with Gasteiger partial charge in [0.05, 0.1) is 5.60 Å². The predicted octanol–water partition coefficient (Wildman–Crippen LogP) is 2.56. The van der Waals surface area contributed by atoms with Crippen molar-refractivity contribution in [1.82, 2.24) is 10.6 Å². The lowest BCUT2D eigenvalue weighted by molar-refractivity contribution is -0.0279. The smallest absolute Gasteiger partial charge is 0.191 e. The average molecular weight is 366 g/mol. The number of guanidine groups is 1. The Morgan fingerprint density at radius 2 is 1.86 bits per heavy atom. The number of hydrogen-bond acceptors (Lipinski definition) is 2. The van der Waals surface area contributed by atoms with Crippen LogP contribution in [0.5, 0.6) is 0 Å². The maximum atomic E-state index is 10.2. The third-order valence-electron chi connectivity index (χ3n) is 4.99. The Hall–Kier alpha value is -1.07. The Kier molecular flexibility index (Phi) is 4.46. The zero-order valence-corrected chi connectivity index (χ0v) is 14.6. The lowest BCUT2D eigenvalue weighted by atomic mass is 9.80. The Balaban J connectivity index is 1.56. The molecule has 0 spiro atoms. The number of aliphatic imine (C=N–C) groups is 1. The second kappa shape index (κ2) is 6.20. The number of nitrogens with zero attached hydrogens (tertiary/aromatic N) is 1. The van der Waals surface area contributed by atoms with Crippen molar-refractivity contribution < 1.29 is 5.11 Å². The van der Waals surface area contributed by atoms with Gasteiger partial charge in [0, 0.05) is 30.0 Å². The van der Waals surface area contributed by atoms with Gasteiger partial charge >= 0.3 is 0 Å². The van der Waals surface area contributed by atoms with Crippen LogP contribution in [0, 0.1) is 0 Å². The van der Waals surface area contributed by atoms with E-state index in [9.17, 15) is 5.11 Å². The Morgan fingerprint density at radius 1 is 1.18 bits per heavy atom. The molecule has 5 heteroatoms. The molecule has 120 valence electrons. The topological polar surface area (TPSA) is 56.7 Å². The maximum Gasteiger partial charge on any atom is 0.191 e. The van der Waals surface area contributed by atoms with E-state index in [1.807, 2.05) is 0 Å². The fraction of sp³-hybridized carbons (Fsp3) is 0.588. The highest BCUT2D eigenvalue weighted by molar-refractivity contribution is 9.10. The van der Waals surface area contributed by atoms with Gasteiger partial charge in [-0.2, -0.15) is 0 Å². The summed E-state index contributed by atoms with van der Waals surface area (Å²) in [6, 6.07) is 8.46. The second-order valence-corrected chi connectivity index (χ2v) is 7.47. The first-order chi connectivity index (χ1) is 10.6. The Morgan fingerprint density at radius 3 is 2.41 bits per heavy atom. The summed E-state index contributed by atoms with van der Waals surface area (Å²) in [7, 11) is 1.78. The van der Waals surface area contributed by atoms with E-state index in [0.29, 0.717) is 6.54 Å². The zero-order chi connectivity index (χ0) is 15.6. The van der Waals surface area contributed by atoms with Crippen molar-refractivity contribution in [2.45, 2.75) is 43.1 Å². The first-order valence-electron chi connectivity index (χ1n) is 7.99. The molecule has 0 bridgehead atoms. The minimum absolute atomic E-state index is 0.213. The van der Waals surface area contributed by atoms with Crippen molar-refractivity contribution in [1.29, 1.82) is 0 Å². The molecule has 2 fully saturated rings. The van der Waals surface area contributed by atoms with Crippen molar-refractivity contribution in [3.8, 4) is 0 Å². The molecule has 4 nitrogen and oxygen atoms in total. The van der Waals surface area contributed by atoms with Gasteiger partial charge in [0.1, 0.15) is 0 Å². The molecule has 0 aromatic heterocycles. The molecule has 0 amide bonds. The summed E-state index contributed by atoms with van der Waals surface area (Å²) in [6.07, 6.45) is 5.29. The van der Waals surface area contributed by atoms with E-state index in [1.165, 1.54) is 22.9 Å². The van der Waals surface area contributed by atoms with E-state index in [2.05, 4.69) is 55.8 Å². The molecule has 3 rings (SSSR count). The molecule has 0 saturated heterocycles. The lowest BCUT2D eigenvalue weighted by Gasteiger charge is -2.37. The number of nitrogens with one attached hydrogen (secondary N) is 2. The van der Waals surface area contributed by atoms with Gasteiger partial charge in [-0.15, -0.1) is 0 Å². The number of rotatable bonds is 5. The molecular formula is C17H24BrN3O. The zero-order valence-electron chi connectivity index (χ0n) is 13.0. The van der Waals surface area contributed by atoms with Gasteiger partial charge in [-0.1, -0.05) is 34.1 Å². The van der Waals surface area contributed by atoms with Crippen molar-refractivity contribution in [3.05, 3.63) is 34.3 Å². The fourth-order valence-corrected chi connectivity index (χ4v) is 3.77. The van der Waals surface area contributed by atoms with Crippen LogP contribution in [0.1, 0.15) is 37.7 Å². The number of benzene rings is 1. The first-order valence-corrected chi connectivity index (χ1v) is 8.78. The normalized spacial score (nSPS) is 21.9. The minimum Gasteiger partial charge on any atom is -0.388 e. The van der Waals surface area contributed by atoms with E-state index in [0.717, 1.165) is 31.8 Å². The third-order valence-corrected chi connectivity index (χ3v) is 5.68. The molecule has 0 unspecified atom stereocenters. The molecular weight excluding hydrogens is 342 g/mol. The van der Waals surface area contributed by atoms with E-state index >= 15 is 0 Å². The van der Waals surface area contributed by atoms with Gasteiger partial charge in [0.2, 0.25) is 0 Å². The Labute approximate surface area is 140 Å². The van der Waals surface area contributed by atoms with Gasteiger partial charge in [0.15, 0.2) is 5.96 Å². The quantitative estimate of drug-likeness (QED) is 0.555. The third kappa shape index (κ3) is 3.30. The van der Waals surface area contributed by atoms with Crippen LogP contribution in [0.15, 0.2) is 33.7 Å². The van der Waals surface area contributed by atoms with Crippen molar-refractivity contribution in [2.24, 2.45) is 4.99 Å². The number of hydrogen-bond donors (Lipinski definition) is 3. The standard InChI is InChI=1S/C17H24BrN3O/c1-19-15(21-12-17(22)7-4-8-17)20-11-16(9-10-16)13-5-2-3-6-14(13)18/h2-3,5-6,22H,4,7-12H2,1H3,(H2,19,20,21). The molecule has 1 aromatic carbocycles. The van der Waals surface area contributed by atoms with Gasteiger partial charge in [-0.05, 0) is 43.7 Å². The van der Waals surface area contributed by atoms with Crippen LogP contribution >= 0.6 is 15.9 Å². The molecule has 2 aliphatic rings. The largest absolute Gasteiger partial charge is 0.388 e. The van der Waals surface area contributed by atoms with Crippen molar-refractivity contribution >= 4 is 21.9 Å². The molecule has 0 aliphatic heterocycles. The predicted molar refractivity (Wildman–Crippen MR) is 93.2 cm³/mol. The second-order valence-electron chi connectivity index (χ2n) is 6.62. The summed E-state index contributed by atoms with van der Waals surface area (Å²) in [5.41, 5.74) is 1.05. The molecule has 0 heterocycles. The molecule has 0 atom stereocenters. The summed E-state index contributed by atoms with van der Waals surface area (Å²) in [6.45, 7) is 1.45. The minimum atomic E-state index is -0.530. The number of halogens is 1. The van der Waals surface area contributed by atoms with E-state index in [1.54, 1.807) is 7.05 Å². The SMILES string of the molecule is CN=C(NCC1(O)CCC1)NCC1(c2ccccc2Br)CC1. The first kappa shape index (κ1) is 15.8.